The van der Waals surface area contributed by atoms with Gasteiger partial charge < -0.3 is 15.4 Å². The number of hydrogen-bond acceptors (Lipinski definition) is 6. The normalized spacial score (nSPS) is 13.3. The SMILES string of the molecule is O=C(Nc1cncc(-c2ccc3[nH]nc(-c4nc5nccc(-c6cc(O)cc(F)c6)c5[nH]4)c3c2)c1)C1CC1. The number of nitrogens with zero attached hydrogens (tertiary/aromatic N) is 4. The number of hydrogen-bond donors (Lipinski definition) is 4. The molecule has 0 radical (unpaired) electrons. The minimum Gasteiger partial charge on any atom is -0.508 e. The van der Waals surface area contributed by atoms with Crippen LogP contribution in [0, 0.1) is 11.7 Å². The molecule has 38 heavy (non-hydrogen) atoms. The third kappa shape index (κ3) is 3.92. The number of anilines is 1. The second kappa shape index (κ2) is 8.48. The Balaban J connectivity index is 1.29. The quantitative estimate of drug-likeness (QED) is 0.247. The summed E-state index contributed by atoms with van der Waals surface area (Å²) in [6.07, 6.45) is 6.85. The third-order valence-electron chi connectivity index (χ3n) is 6.66. The molecule has 4 N–H and O–H groups in total. The Morgan fingerprint density at radius 2 is 1.92 bits per heavy atom. The van der Waals surface area contributed by atoms with Crippen molar-refractivity contribution in [2.45, 2.75) is 12.8 Å². The summed E-state index contributed by atoms with van der Waals surface area (Å²) in [5, 5.41) is 21.2. The molecule has 6 aromatic rings. The van der Waals surface area contributed by atoms with Gasteiger partial charge in [-0.05, 0) is 60.4 Å². The van der Waals surface area contributed by atoms with E-state index in [4.69, 9.17) is 0 Å². The van der Waals surface area contributed by atoms with Crippen molar-refractivity contribution in [3.05, 3.63) is 72.9 Å². The average Bonchev–Trinajstić information content (AvgIpc) is 3.54. The average molecular weight is 506 g/mol. The van der Waals surface area contributed by atoms with E-state index in [9.17, 15) is 14.3 Å². The van der Waals surface area contributed by atoms with Crippen LogP contribution in [0.1, 0.15) is 12.8 Å². The molecule has 1 amide bonds. The fourth-order valence-electron chi connectivity index (χ4n) is 4.62. The van der Waals surface area contributed by atoms with Crippen molar-refractivity contribution in [1.82, 2.24) is 30.1 Å². The van der Waals surface area contributed by atoms with Gasteiger partial charge in [-0.3, -0.25) is 14.9 Å². The molecule has 1 fully saturated rings. The summed E-state index contributed by atoms with van der Waals surface area (Å²) in [4.78, 5) is 28.8. The van der Waals surface area contributed by atoms with Crippen molar-refractivity contribution in [3.8, 4) is 39.5 Å². The summed E-state index contributed by atoms with van der Waals surface area (Å²) < 4.78 is 14.0. The van der Waals surface area contributed by atoms with E-state index in [1.807, 2.05) is 24.3 Å². The van der Waals surface area contributed by atoms with E-state index in [-0.39, 0.29) is 17.6 Å². The topological polar surface area (TPSA) is 132 Å². The molecule has 4 heterocycles. The molecule has 1 aliphatic carbocycles. The molecule has 0 spiro atoms. The van der Waals surface area contributed by atoms with E-state index >= 15 is 0 Å². The van der Waals surface area contributed by atoms with Crippen LogP contribution < -0.4 is 5.32 Å². The standard InChI is InChI=1S/C28H20FN7O2/c29-18-7-16(9-20(37)11-18)21-5-6-31-26-24(21)33-27(34-26)25-22-10-15(3-4-23(22)35-36-25)17-8-19(13-30-12-17)32-28(38)14-1-2-14/h3-14,37H,1-2H2,(H,32,38)(H,35,36)(H,31,33,34). The van der Waals surface area contributed by atoms with Gasteiger partial charge in [-0.2, -0.15) is 5.10 Å². The first kappa shape index (κ1) is 22.1. The molecule has 1 aliphatic rings. The number of carbonyl (C=O) groups is 1. The van der Waals surface area contributed by atoms with Crippen molar-refractivity contribution >= 4 is 33.7 Å². The van der Waals surface area contributed by atoms with Gasteiger partial charge in [-0.15, -0.1) is 0 Å². The van der Waals surface area contributed by atoms with E-state index in [2.05, 4.69) is 35.5 Å². The molecule has 9 nitrogen and oxygen atoms in total. The number of phenolic OH excluding ortho intramolecular Hbond substituents is 1. The zero-order valence-electron chi connectivity index (χ0n) is 19.9. The van der Waals surface area contributed by atoms with Crippen LogP contribution in [-0.2, 0) is 4.79 Å². The molecule has 0 unspecified atom stereocenters. The summed E-state index contributed by atoms with van der Waals surface area (Å²) in [5.41, 5.74) is 6.02. The van der Waals surface area contributed by atoms with Crippen molar-refractivity contribution in [2.75, 3.05) is 5.32 Å². The highest BCUT2D eigenvalue weighted by molar-refractivity contribution is 5.98. The fourth-order valence-corrected chi connectivity index (χ4v) is 4.62. The number of aromatic nitrogens is 6. The largest absolute Gasteiger partial charge is 0.508 e. The Morgan fingerprint density at radius 1 is 1.03 bits per heavy atom. The van der Waals surface area contributed by atoms with Crippen LogP contribution in [0.25, 0.3) is 55.8 Å². The molecule has 7 rings (SSSR count). The Morgan fingerprint density at radius 3 is 2.76 bits per heavy atom. The molecule has 0 atom stereocenters. The van der Waals surface area contributed by atoms with Crippen LogP contribution in [0.4, 0.5) is 10.1 Å². The van der Waals surface area contributed by atoms with Crippen molar-refractivity contribution in [1.29, 1.82) is 0 Å². The molecule has 2 aromatic carbocycles. The van der Waals surface area contributed by atoms with Crippen molar-refractivity contribution < 1.29 is 14.3 Å². The van der Waals surface area contributed by atoms with Crippen LogP contribution in [0.15, 0.2) is 67.1 Å². The molecule has 0 saturated heterocycles. The van der Waals surface area contributed by atoms with E-state index in [1.165, 1.54) is 12.1 Å². The number of imidazole rings is 1. The summed E-state index contributed by atoms with van der Waals surface area (Å²) in [6.45, 7) is 0. The van der Waals surface area contributed by atoms with Crippen molar-refractivity contribution in [2.24, 2.45) is 5.92 Å². The predicted octanol–water partition coefficient (Wildman–Crippen LogP) is 5.42. The summed E-state index contributed by atoms with van der Waals surface area (Å²) in [7, 11) is 0. The molecule has 4 aromatic heterocycles. The molecule has 0 aliphatic heterocycles. The minimum atomic E-state index is -0.541. The fraction of sp³-hybridized carbons (Fsp3) is 0.107. The summed E-state index contributed by atoms with van der Waals surface area (Å²) in [6, 6.07) is 13.4. The molecule has 1 saturated carbocycles. The highest BCUT2D eigenvalue weighted by atomic mass is 19.1. The lowest BCUT2D eigenvalue weighted by molar-refractivity contribution is -0.117. The van der Waals surface area contributed by atoms with E-state index in [0.717, 1.165) is 40.9 Å². The van der Waals surface area contributed by atoms with Crippen LogP contribution >= 0.6 is 0 Å². The number of H-pyrrole nitrogens is 2. The smallest absolute Gasteiger partial charge is 0.227 e. The lowest BCUT2D eigenvalue weighted by Crippen LogP contribution is -2.13. The maximum Gasteiger partial charge on any atom is 0.227 e. The van der Waals surface area contributed by atoms with Crippen molar-refractivity contribution in [3.63, 3.8) is 0 Å². The number of nitrogens with one attached hydrogen (secondary N) is 3. The first-order valence-corrected chi connectivity index (χ1v) is 12.1. The van der Waals surface area contributed by atoms with E-state index in [1.54, 1.807) is 24.7 Å². The second-order valence-electron chi connectivity index (χ2n) is 9.40. The van der Waals surface area contributed by atoms with Gasteiger partial charge >= 0.3 is 0 Å². The number of amides is 1. The lowest BCUT2D eigenvalue weighted by atomic mass is 10.0. The Bertz CT molecular complexity index is 1850. The van der Waals surface area contributed by atoms with Gasteiger partial charge in [0.1, 0.15) is 17.3 Å². The third-order valence-corrected chi connectivity index (χ3v) is 6.66. The highest BCUT2D eigenvalue weighted by Gasteiger charge is 2.29. The summed E-state index contributed by atoms with van der Waals surface area (Å²) in [5.74, 6) is -0.0771. The number of pyridine rings is 2. The Labute approximate surface area is 214 Å². The monoisotopic (exact) mass is 505 g/mol. The minimum absolute atomic E-state index is 0.0304. The highest BCUT2D eigenvalue weighted by Crippen LogP contribution is 2.34. The van der Waals surface area contributed by atoms with Gasteiger partial charge in [-0.1, -0.05) is 6.07 Å². The number of benzene rings is 2. The lowest BCUT2D eigenvalue weighted by Gasteiger charge is -2.07. The number of fused-ring (bicyclic) bond motifs is 2. The number of halogens is 1. The zero-order chi connectivity index (χ0) is 25.8. The maximum absolute atomic E-state index is 14.0. The maximum atomic E-state index is 14.0. The van der Waals surface area contributed by atoms with Gasteiger partial charge in [0, 0.05) is 40.9 Å². The second-order valence-corrected chi connectivity index (χ2v) is 9.40. The first-order valence-electron chi connectivity index (χ1n) is 12.1. The molecular weight excluding hydrogens is 485 g/mol. The van der Waals surface area contributed by atoms with Gasteiger partial charge in [0.15, 0.2) is 11.5 Å². The number of aromatic hydroxyl groups is 1. The number of rotatable bonds is 5. The van der Waals surface area contributed by atoms with Gasteiger partial charge in [0.2, 0.25) is 5.91 Å². The van der Waals surface area contributed by atoms with Crippen LogP contribution in [-0.4, -0.2) is 41.1 Å². The number of carbonyl (C=O) groups excluding carboxylic acids is 1. The predicted molar refractivity (Wildman–Crippen MR) is 141 cm³/mol. The van der Waals surface area contributed by atoms with Crippen LogP contribution in [0.2, 0.25) is 0 Å². The summed E-state index contributed by atoms with van der Waals surface area (Å²) >= 11 is 0. The van der Waals surface area contributed by atoms with E-state index < -0.39 is 5.82 Å². The Hall–Kier alpha value is -5.12. The van der Waals surface area contributed by atoms with Gasteiger partial charge in [0.25, 0.3) is 0 Å². The molecule has 186 valence electrons. The Kier molecular flexibility index (Phi) is 4.93. The van der Waals surface area contributed by atoms with Gasteiger partial charge in [-0.25, -0.2) is 14.4 Å². The number of aromatic amines is 2. The van der Waals surface area contributed by atoms with E-state index in [0.29, 0.717) is 39.5 Å². The van der Waals surface area contributed by atoms with Crippen LogP contribution in [0.3, 0.4) is 0 Å². The molecule has 0 bridgehead atoms. The first-order chi connectivity index (χ1) is 18.5. The number of phenols is 1. The van der Waals surface area contributed by atoms with Crippen LogP contribution in [0.5, 0.6) is 5.75 Å². The zero-order valence-corrected chi connectivity index (χ0v) is 19.9. The molecular formula is C28H20FN7O2. The van der Waals surface area contributed by atoms with Gasteiger partial charge in [0.05, 0.1) is 22.9 Å². The molecule has 10 heteroatoms.